The second-order valence-electron chi connectivity index (χ2n) is 13.4. The van der Waals surface area contributed by atoms with Gasteiger partial charge in [0.05, 0.1) is 53.5 Å². The maximum Gasteiger partial charge on any atom is 0.0912 e. The Balaban J connectivity index is 1.03. The van der Waals surface area contributed by atoms with Crippen LogP contribution in [0.1, 0.15) is 5.56 Å². The zero-order valence-corrected chi connectivity index (χ0v) is 30.2. The van der Waals surface area contributed by atoms with Crippen LogP contribution in [0.4, 0.5) is 0 Å². The van der Waals surface area contributed by atoms with Gasteiger partial charge in [0.2, 0.25) is 0 Å². The molecule has 0 unspecified atom stereocenters. The largest absolute Gasteiger partial charge is 0.309 e. The van der Waals surface area contributed by atoms with Crippen LogP contribution in [0.2, 0.25) is 0 Å². The molecule has 0 aliphatic carbocycles. The Kier molecular flexibility index (Phi) is 6.78. The van der Waals surface area contributed by atoms with Crippen molar-refractivity contribution in [3.05, 3.63) is 169 Å². The lowest BCUT2D eigenvalue weighted by atomic mass is 9.97. The van der Waals surface area contributed by atoms with Crippen LogP contribution in [0, 0.1) is 0 Å². The molecular formula is C47H30N4S2. The molecule has 4 heterocycles. The Morgan fingerprint density at radius 1 is 0.491 bits per heavy atom. The molecular weight excluding hydrogens is 685 g/mol. The van der Waals surface area contributed by atoms with Gasteiger partial charge in [-0.2, -0.15) is 0 Å². The fourth-order valence-electron chi connectivity index (χ4n) is 8.41. The van der Waals surface area contributed by atoms with Gasteiger partial charge in [0.25, 0.3) is 0 Å². The van der Waals surface area contributed by atoms with Gasteiger partial charge in [0.15, 0.2) is 0 Å². The van der Waals surface area contributed by atoms with Crippen molar-refractivity contribution in [1.82, 2.24) is 19.1 Å². The standard InChI is InChI=1S/C47H30N4S2/c1-2-10-29-11-9-18-40-41(29)36-14-5-8-17-39(36)51(40)33-25-21-31(22-26-33)43-45-46(52-28-49-45)42(44-47(43)53-27-48-44)30-19-23-32(24-20-30)50-37-15-6-3-12-34(37)35-13-4-7-16-38(35)50/h2-9,11-28H,1,10H2. The summed E-state index contributed by atoms with van der Waals surface area (Å²) in [7, 11) is 0. The van der Waals surface area contributed by atoms with Crippen molar-refractivity contribution in [2.75, 3.05) is 0 Å². The van der Waals surface area contributed by atoms with Crippen LogP contribution in [0.3, 0.4) is 0 Å². The van der Waals surface area contributed by atoms with E-state index in [1.165, 1.54) is 49.2 Å². The summed E-state index contributed by atoms with van der Waals surface area (Å²) in [5.74, 6) is 0. The molecule has 0 saturated heterocycles. The molecule has 0 saturated carbocycles. The highest BCUT2D eigenvalue weighted by atomic mass is 32.1. The number of rotatable bonds is 6. The van der Waals surface area contributed by atoms with E-state index in [4.69, 9.17) is 9.97 Å². The molecule has 11 rings (SSSR count). The average Bonchev–Trinajstić information content (AvgIpc) is 4.01. The monoisotopic (exact) mass is 714 g/mol. The van der Waals surface area contributed by atoms with Crippen molar-refractivity contribution < 1.29 is 0 Å². The molecule has 0 aliphatic rings. The molecule has 0 N–H and O–H groups in total. The van der Waals surface area contributed by atoms with E-state index in [1.807, 2.05) is 17.1 Å². The predicted molar refractivity (Wildman–Crippen MR) is 226 cm³/mol. The van der Waals surface area contributed by atoms with Crippen LogP contribution < -0.4 is 0 Å². The Labute approximate surface area is 313 Å². The van der Waals surface area contributed by atoms with Crippen molar-refractivity contribution in [1.29, 1.82) is 0 Å². The molecule has 0 bridgehead atoms. The van der Waals surface area contributed by atoms with Crippen LogP contribution >= 0.6 is 22.7 Å². The van der Waals surface area contributed by atoms with Gasteiger partial charge in [-0.3, -0.25) is 0 Å². The third-order valence-electron chi connectivity index (χ3n) is 10.6. The second kappa shape index (κ2) is 11.9. The van der Waals surface area contributed by atoms with Crippen LogP contribution in [0.5, 0.6) is 0 Å². The molecule has 11 aromatic rings. The number of benzene rings is 7. The highest BCUT2D eigenvalue weighted by Gasteiger charge is 2.22. The molecule has 4 aromatic heterocycles. The molecule has 250 valence electrons. The molecule has 0 spiro atoms. The van der Waals surface area contributed by atoms with Gasteiger partial charge in [0, 0.05) is 44.0 Å². The molecule has 7 aromatic carbocycles. The van der Waals surface area contributed by atoms with Crippen LogP contribution in [0.15, 0.2) is 163 Å². The smallest absolute Gasteiger partial charge is 0.0912 e. The van der Waals surface area contributed by atoms with Gasteiger partial charge in [0.1, 0.15) is 0 Å². The zero-order chi connectivity index (χ0) is 35.0. The maximum atomic E-state index is 5.00. The lowest BCUT2D eigenvalue weighted by Gasteiger charge is -2.13. The molecule has 0 aliphatic heterocycles. The Morgan fingerprint density at radius 3 is 1.47 bits per heavy atom. The highest BCUT2D eigenvalue weighted by molar-refractivity contribution is 7.19. The Morgan fingerprint density at radius 2 is 0.943 bits per heavy atom. The average molecular weight is 715 g/mol. The molecule has 4 nitrogen and oxygen atoms in total. The number of nitrogens with zero attached hydrogens (tertiary/aromatic N) is 4. The van der Waals surface area contributed by atoms with E-state index in [9.17, 15) is 0 Å². The van der Waals surface area contributed by atoms with Gasteiger partial charge >= 0.3 is 0 Å². The number of para-hydroxylation sites is 3. The van der Waals surface area contributed by atoms with E-state index in [0.717, 1.165) is 60.5 Å². The second-order valence-corrected chi connectivity index (χ2v) is 15.1. The summed E-state index contributed by atoms with van der Waals surface area (Å²) in [5.41, 5.74) is 18.9. The van der Waals surface area contributed by atoms with Crippen molar-refractivity contribution in [2.45, 2.75) is 6.42 Å². The normalized spacial score (nSPS) is 11.9. The fourth-order valence-corrected chi connectivity index (χ4v) is 10.1. The summed E-state index contributed by atoms with van der Waals surface area (Å²) in [6.45, 7) is 4.02. The lowest BCUT2D eigenvalue weighted by Crippen LogP contribution is -1.95. The van der Waals surface area contributed by atoms with Gasteiger partial charge < -0.3 is 9.13 Å². The van der Waals surface area contributed by atoms with E-state index >= 15 is 0 Å². The number of thiazole rings is 2. The predicted octanol–water partition coefficient (Wildman–Crippen LogP) is 13.2. The summed E-state index contributed by atoms with van der Waals surface area (Å²) in [6, 6.07) is 50.5. The minimum absolute atomic E-state index is 0.834. The summed E-state index contributed by atoms with van der Waals surface area (Å²) in [4.78, 5) is 9.99. The van der Waals surface area contributed by atoms with Crippen molar-refractivity contribution >= 4 is 86.7 Å². The molecule has 53 heavy (non-hydrogen) atoms. The van der Waals surface area contributed by atoms with Crippen molar-refractivity contribution in [2.24, 2.45) is 0 Å². The van der Waals surface area contributed by atoms with Crippen LogP contribution in [-0.4, -0.2) is 19.1 Å². The number of hydrogen-bond acceptors (Lipinski definition) is 4. The van der Waals surface area contributed by atoms with Gasteiger partial charge in [-0.25, -0.2) is 9.97 Å². The minimum Gasteiger partial charge on any atom is -0.309 e. The van der Waals surface area contributed by atoms with E-state index in [0.29, 0.717) is 0 Å². The minimum atomic E-state index is 0.834. The molecule has 0 radical (unpaired) electrons. The summed E-state index contributed by atoms with van der Waals surface area (Å²) >= 11 is 3.38. The van der Waals surface area contributed by atoms with E-state index in [2.05, 4.69) is 155 Å². The maximum absolute atomic E-state index is 5.00. The number of hydrogen-bond donors (Lipinski definition) is 0. The molecule has 0 amide bonds. The van der Waals surface area contributed by atoms with Crippen LogP contribution in [-0.2, 0) is 6.42 Å². The fraction of sp³-hybridized carbons (Fsp3) is 0.0213. The summed E-state index contributed by atoms with van der Waals surface area (Å²) in [6.07, 6.45) is 2.82. The van der Waals surface area contributed by atoms with Crippen molar-refractivity contribution in [3.63, 3.8) is 0 Å². The third-order valence-corrected chi connectivity index (χ3v) is 12.3. The van der Waals surface area contributed by atoms with E-state index in [1.54, 1.807) is 22.7 Å². The first-order valence-electron chi connectivity index (χ1n) is 17.7. The first kappa shape index (κ1) is 30.3. The topological polar surface area (TPSA) is 35.6 Å². The van der Waals surface area contributed by atoms with Gasteiger partial charge in [-0.05, 0) is 71.6 Å². The Bertz CT molecular complexity index is 3110. The first-order chi connectivity index (χ1) is 26.3. The SMILES string of the molecule is C=CCc1cccc2c1c1ccccc1n2-c1ccc(-c2c3ncsc3c(-c3ccc(-n4c5ccccc5c5ccccc54)cc3)c3ncsc23)cc1. The molecule has 6 heteroatoms. The Hall–Kier alpha value is -6.34. The van der Waals surface area contributed by atoms with Gasteiger partial charge in [-0.15, -0.1) is 29.3 Å². The molecule has 0 atom stereocenters. The highest BCUT2D eigenvalue weighted by Crippen LogP contribution is 2.46. The van der Waals surface area contributed by atoms with Crippen LogP contribution in [0.25, 0.3) is 97.7 Å². The zero-order valence-electron chi connectivity index (χ0n) is 28.5. The number of fused-ring (bicyclic) bond motifs is 8. The summed E-state index contributed by atoms with van der Waals surface area (Å²) in [5, 5.41) is 5.08. The van der Waals surface area contributed by atoms with Gasteiger partial charge in [-0.1, -0.05) is 97.1 Å². The van der Waals surface area contributed by atoms with E-state index < -0.39 is 0 Å². The quantitative estimate of drug-likeness (QED) is 0.161. The number of allylic oxidation sites excluding steroid dienone is 1. The number of aromatic nitrogens is 4. The third kappa shape index (κ3) is 4.46. The first-order valence-corrected chi connectivity index (χ1v) is 19.5. The van der Waals surface area contributed by atoms with E-state index in [-0.39, 0.29) is 0 Å². The lowest BCUT2D eigenvalue weighted by molar-refractivity contribution is 1.18. The molecule has 0 fully saturated rings. The summed E-state index contributed by atoms with van der Waals surface area (Å²) < 4.78 is 7.06. The van der Waals surface area contributed by atoms with Crippen molar-refractivity contribution in [3.8, 4) is 33.6 Å².